The summed E-state index contributed by atoms with van der Waals surface area (Å²) in [5.41, 5.74) is 0. The quantitative estimate of drug-likeness (QED) is 0.412. The Balaban J connectivity index is 0.000000160. The topological polar surface area (TPSA) is 16.6 Å². The van der Waals surface area contributed by atoms with Crippen LogP contribution in [-0.4, -0.2) is 13.1 Å². The summed E-state index contributed by atoms with van der Waals surface area (Å²) in [6, 6.07) is 0. The molecule has 1 aliphatic rings. The number of hydrogen-bond donors (Lipinski definition) is 1. The van der Waals surface area contributed by atoms with Crippen molar-refractivity contribution in [3.05, 3.63) is 0 Å². The van der Waals surface area contributed by atoms with Crippen LogP contribution in [0.3, 0.4) is 0 Å². The average Bonchev–Trinajstić information content (AvgIpc) is 0.722. The van der Waals surface area contributed by atoms with Gasteiger partial charge in [-0.25, -0.2) is 0 Å². The fourth-order valence-corrected chi connectivity index (χ4v) is 0.204. The van der Waals surface area contributed by atoms with Crippen LogP contribution in [-0.2, 0) is 0 Å². The highest BCUT2D eigenvalue weighted by Gasteiger charge is 1.98. The van der Waals surface area contributed by atoms with E-state index in [1.807, 2.05) is 0 Å². The van der Waals surface area contributed by atoms with Crippen LogP contribution in [0.15, 0.2) is 0 Å². The van der Waals surface area contributed by atoms with Gasteiger partial charge in [-0.15, -0.1) is 12.4 Å². The maximum absolute atomic E-state index is 2.31. The van der Waals surface area contributed by atoms with E-state index in [0.717, 1.165) is 0 Å². The Labute approximate surface area is 38.2 Å². The summed E-state index contributed by atoms with van der Waals surface area (Å²) in [6.45, 7) is 2.75. The largest absolute Gasteiger partial charge is 0.346 e. The van der Waals surface area contributed by atoms with Crippen molar-refractivity contribution in [1.82, 2.24) is 0 Å². The maximum Gasteiger partial charge on any atom is 0.0809 e. The highest BCUT2D eigenvalue weighted by atomic mass is 35.5. The van der Waals surface area contributed by atoms with E-state index >= 15 is 0 Å². The third-order valence-corrected chi connectivity index (χ3v) is 0.816. The SMILES string of the molecule is C1C[NH2+]C1.Cl. The minimum Gasteiger partial charge on any atom is -0.346 e. The van der Waals surface area contributed by atoms with Crippen LogP contribution >= 0.6 is 12.4 Å². The van der Waals surface area contributed by atoms with Crippen molar-refractivity contribution in [2.75, 3.05) is 13.1 Å². The molecule has 1 heterocycles. The predicted octanol–water partition coefficient (Wildman–Crippen LogP) is -0.625. The molecule has 1 nitrogen and oxygen atoms in total. The number of nitrogens with two attached hydrogens (primary N) is 1. The Bertz CT molecular complexity index is 14.9. The molecular formula is C3H9ClN+. The highest BCUT2D eigenvalue weighted by Crippen LogP contribution is 1.67. The van der Waals surface area contributed by atoms with Crippen LogP contribution in [0.1, 0.15) is 6.42 Å². The molecule has 5 heavy (non-hydrogen) atoms. The van der Waals surface area contributed by atoms with Gasteiger partial charge in [-0.3, -0.25) is 0 Å². The maximum atomic E-state index is 2.31. The minimum atomic E-state index is 0. The Morgan fingerprint density at radius 3 is 1.40 bits per heavy atom. The van der Waals surface area contributed by atoms with Crippen molar-refractivity contribution in [2.45, 2.75) is 6.42 Å². The van der Waals surface area contributed by atoms with Gasteiger partial charge < -0.3 is 5.32 Å². The van der Waals surface area contributed by atoms with Gasteiger partial charge in [-0.2, -0.15) is 0 Å². The molecule has 1 rings (SSSR count). The van der Waals surface area contributed by atoms with Crippen molar-refractivity contribution in [2.24, 2.45) is 0 Å². The zero-order valence-electron chi connectivity index (χ0n) is 3.11. The summed E-state index contributed by atoms with van der Waals surface area (Å²) in [6.07, 6.45) is 1.44. The van der Waals surface area contributed by atoms with Gasteiger partial charge in [0.05, 0.1) is 13.1 Å². The molecule has 2 heteroatoms. The molecule has 0 saturated carbocycles. The van der Waals surface area contributed by atoms with E-state index in [-0.39, 0.29) is 12.4 Å². The summed E-state index contributed by atoms with van der Waals surface area (Å²) in [5.74, 6) is 0. The molecule has 1 fully saturated rings. The second kappa shape index (κ2) is 2.49. The highest BCUT2D eigenvalue weighted by molar-refractivity contribution is 5.85. The molecule has 0 bridgehead atoms. The minimum absolute atomic E-state index is 0. The zero-order chi connectivity index (χ0) is 2.83. The fraction of sp³-hybridized carbons (Fsp3) is 1.00. The lowest BCUT2D eigenvalue weighted by Gasteiger charge is -2.05. The van der Waals surface area contributed by atoms with Gasteiger partial charge in [0.25, 0.3) is 0 Å². The van der Waals surface area contributed by atoms with Crippen LogP contribution in [0, 0.1) is 0 Å². The lowest BCUT2D eigenvalue weighted by molar-refractivity contribution is -0.705. The molecule has 0 amide bonds. The van der Waals surface area contributed by atoms with E-state index in [9.17, 15) is 0 Å². The molecule has 2 N–H and O–H groups in total. The zero-order valence-corrected chi connectivity index (χ0v) is 3.92. The first-order valence-corrected chi connectivity index (χ1v) is 1.82. The van der Waals surface area contributed by atoms with Crippen molar-refractivity contribution >= 4 is 12.4 Å². The van der Waals surface area contributed by atoms with Crippen molar-refractivity contribution in [3.63, 3.8) is 0 Å². The van der Waals surface area contributed by atoms with Gasteiger partial charge in [-0.1, -0.05) is 0 Å². The van der Waals surface area contributed by atoms with E-state index in [1.165, 1.54) is 19.5 Å². The Morgan fingerprint density at radius 2 is 1.40 bits per heavy atom. The van der Waals surface area contributed by atoms with Gasteiger partial charge >= 0.3 is 0 Å². The number of hydrogen-bond acceptors (Lipinski definition) is 0. The van der Waals surface area contributed by atoms with Gasteiger partial charge in [0.2, 0.25) is 0 Å². The summed E-state index contributed by atoms with van der Waals surface area (Å²) in [4.78, 5) is 0. The number of halogens is 1. The van der Waals surface area contributed by atoms with Crippen LogP contribution in [0.25, 0.3) is 0 Å². The molecular weight excluding hydrogens is 85.5 g/mol. The summed E-state index contributed by atoms with van der Waals surface area (Å²) < 4.78 is 0. The van der Waals surface area contributed by atoms with Crippen LogP contribution in [0.4, 0.5) is 0 Å². The predicted molar refractivity (Wildman–Crippen MR) is 23.5 cm³/mol. The van der Waals surface area contributed by atoms with E-state index < -0.39 is 0 Å². The summed E-state index contributed by atoms with van der Waals surface area (Å²) >= 11 is 0. The molecule has 0 aromatic heterocycles. The molecule has 1 aliphatic heterocycles. The smallest absolute Gasteiger partial charge is 0.0809 e. The van der Waals surface area contributed by atoms with Crippen LogP contribution in [0.2, 0.25) is 0 Å². The second-order valence-electron chi connectivity index (χ2n) is 1.22. The summed E-state index contributed by atoms with van der Waals surface area (Å²) in [7, 11) is 0. The molecule has 0 atom stereocenters. The lowest BCUT2D eigenvalue weighted by atomic mass is 10.3. The average molecular weight is 94.6 g/mol. The Morgan fingerprint density at radius 1 is 1.20 bits per heavy atom. The second-order valence-corrected chi connectivity index (χ2v) is 1.22. The Hall–Kier alpha value is 0.250. The molecule has 1 saturated heterocycles. The lowest BCUT2D eigenvalue weighted by Crippen LogP contribution is -2.92. The molecule has 0 radical (unpaired) electrons. The van der Waals surface area contributed by atoms with Crippen LogP contribution < -0.4 is 5.32 Å². The molecule has 0 aromatic rings. The number of rotatable bonds is 0. The van der Waals surface area contributed by atoms with Crippen molar-refractivity contribution < 1.29 is 5.32 Å². The van der Waals surface area contributed by atoms with E-state index in [4.69, 9.17) is 0 Å². The molecule has 32 valence electrons. The third-order valence-electron chi connectivity index (χ3n) is 0.816. The normalized spacial score (nSPS) is 19.2. The summed E-state index contributed by atoms with van der Waals surface area (Å²) in [5, 5.41) is 2.31. The first-order valence-electron chi connectivity index (χ1n) is 1.82. The van der Waals surface area contributed by atoms with Gasteiger partial charge in [0.15, 0.2) is 0 Å². The van der Waals surface area contributed by atoms with Crippen molar-refractivity contribution in [1.29, 1.82) is 0 Å². The van der Waals surface area contributed by atoms with Gasteiger partial charge in [-0.05, 0) is 0 Å². The van der Waals surface area contributed by atoms with Crippen LogP contribution in [0.5, 0.6) is 0 Å². The molecule has 0 aliphatic carbocycles. The third kappa shape index (κ3) is 1.19. The van der Waals surface area contributed by atoms with E-state index in [2.05, 4.69) is 5.32 Å². The van der Waals surface area contributed by atoms with Crippen molar-refractivity contribution in [3.8, 4) is 0 Å². The molecule has 0 unspecified atom stereocenters. The number of quaternary nitrogens is 1. The Kier molecular flexibility index (Phi) is 2.61. The van der Waals surface area contributed by atoms with E-state index in [0.29, 0.717) is 0 Å². The first-order chi connectivity index (χ1) is 2.00. The van der Waals surface area contributed by atoms with Gasteiger partial charge in [0, 0.05) is 6.42 Å². The molecule has 0 spiro atoms. The van der Waals surface area contributed by atoms with Gasteiger partial charge in [0.1, 0.15) is 0 Å². The fourth-order valence-electron chi connectivity index (χ4n) is 0.204. The van der Waals surface area contributed by atoms with E-state index in [1.54, 1.807) is 0 Å². The standard InChI is InChI=1S/C3H7N.ClH/c1-2-4-3-1;/h4H,1-3H2;1H/p+1. The first kappa shape index (κ1) is 5.25. The monoisotopic (exact) mass is 94.0 g/mol. The molecule has 0 aromatic carbocycles.